The maximum absolute atomic E-state index is 6.10. The lowest BCUT2D eigenvalue weighted by Gasteiger charge is -2.33. The summed E-state index contributed by atoms with van der Waals surface area (Å²) in [7, 11) is -3.32. The van der Waals surface area contributed by atoms with Crippen molar-refractivity contribution in [1.82, 2.24) is 0 Å². The van der Waals surface area contributed by atoms with Crippen molar-refractivity contribution >= 4 is 16.9 Å². The summed E-state index contributed by atoms with van der Waals surface area (Å²) in [4.78, 5) is 0. The Morgan fingerprint density at radius 1 is 1.07 bits per heavy atom. The first-order valence-corrected chi connectivity index (χ1v) is 11.8. The lowest BCUT2D eigenvalue weighted by atomic mass is 10.2. The van der Waals surface area contributed by atoms with Crippen LogP contribution in [0.4, 0.5) is 0 Å². The Kier molecular flexibility index (Phi) is 5.58. The average molecular weight is 234 g/mol. The van der Waals surface area contributed by atoms with Gasteiger partial charge in [-0.05, 0) is 46.1 Å². The van der Waals surface area contributed by atoms with Gasteiger partial charge < -0.3 is 8.54 Å². The van der Waals surface area contributed by atoms with Gasteiger partial charge in [0.05, 0.1) is 0 Å². The standard InChI is InChI=1S/C10H26O2Si2/c1-8-9-10(2)11-14(6,7)12-13(3,4)5/h10H,8-9H2,1-7H3. The molecule has 0 fully saturated rings. The molecule has 0 bridgehead atoms. The zero-order valence-corrected chi connectivity index (χ0v) is 12.8. The lowest BCUT2D eigenvalue weighted by Crippen LogP contribution is -2.46. The summed E-state index contributed by atoms with van der Waals surface area (Å²) < 4.78 is 12.1. The SMILES string of the molecule is CCCC(C)O[Si](C)(C)O[Si](C)(C)C. The second-order valence-corrected chi connectivity index (χ2v) is 13.4. The highest BCUT2D eigenvalue weighted by Gasteiger charge is 2.32. The molecule has 0 saturated carbocycles. The first-order chi connectivity index (χ1) is 6.16. The van der Waals surface area contributed by atoms with Gasteiger partial charge in [0.15, 0.2) is 8.32 Å². The molecule has 4 heteroatoms. The molecular weight excluding hydrogens is 208 g/mol. The molecule has 0 aliphatic rings. The Morgan fingerprint density at radius 3 is 1.93 bits per heavy atom. The third-order valence-corrected chi connectivity index (χ3v) is 7.12. The predicted octanol–water partition coefficient (Wildman–Crippen LogP) is 3.74. The van der Waals surface area contributed by atoms with Crippen molar-refractivity contribution in [1.29, 1.82) is 0 Å². The highest BCUT2D eigenvalue weighted by molar-refractivity contribution is 6.81. The topological polar surface area (TPSA) is 18.5 Å². The predicted molar refractivity (Wildman–Crippen MR) is 67.4 cm³/mol. The minimum Gasteiger partial charge on any atom is -0.436 e. The maximum atomic E-state index is 6.10. The van der Waals surface area contributed by atoms with Gasteiger partial charge >= 0.3 is 8.56 Å². The van der Waals surface area contributed by atoms with Crippen molar-refractivity contribution in [2.75, 3.05) is 0 Å². The van der Waals surface area contributed by atoms with E-state index in [-0.39, 0.29) is 0 Å². The zero-order chi connectivity index (χ0) is 11.4. The van der Waals surface area contributed by atoms with E-state index in [0.717, 1.165) is 6.42 Å². The van der Waals surface area contributed by atoms with E-state index in [4.69, 9.17) is 8.54 Å². The second-order valence-electron chi connectivity index (χ2n) is 5.33. The van der Waals surface area contributed by atoms with Gasteiger partial charge in [0.25, 0.3) is 0 Å². The van der Waals surface area contributed by atoms with Crippen LogP contribution in [0.1, 0.15) is 26.7 Å². The summed E-state index contributed by atoms with van der Waals surface area (Å²) in [6.07, 6.45) is 2.65. The molecule has 1 atom stereocenters. The quantitative estimate of drug-likeness (QED) is 0.652. The van der Waals surface area contributed by atoms with Gasteiger partial charge in [-0.3, -0.25) is 0 Å². The van der Waals surface area contributed by atoms with E-state index in [1.807, 2.05) is 0 Å². The largest absolute Gasteiger partial charge is 0.436 e. The molecule has 0 aliphatic carbocycles. The van der Waals surface area contributed by atoms with Gasteiger partial charge in [0.1, 0.15) is 0 Å². The fourth-order valence-corrected chi connectivity index (χ4v) is 8.89. The van der Waals surface area contributed by atoms with Gasteiger partial charge in [-0.2, -0.15) is 0 Å². The Hall–Kier alpha value is 0.354. The van der Waals surface area contributed by atoms with Crippen LogP contribution in [-0.2, 0) is 8.54 Å². The Labute approximate surface area is 91.4 Å². The molecule has 86 valence electrons. The number of hydrogen-bond donors (Lipinski definition) is 0. The lowest BCUT2D eigenvalue weighted by molar-refractivity contribution is 0.162. The molecule has 0 aromatic rings. The van der Waals surface area contributed by atoms with Crippen molar-refractivity contribution in [3.8, 4) is 0 Å². The van der Waals surface area contributed by atoms with E-state index < -0.39 is 16.9 Å². The maximum Gasteiger partial charge on any atom is 0.321 e. The Balaban J connectivity index is 4.06. The minimum atomic E-state index is -1.88. The summed E-state index contributed by atoms with van der Waals surface area (Å²) in [5.41, 5.74) is 0. The summed E-state index contributed by atoms with van der Waals surface area (Å²) >= 11 is 0. The molecule has 0 aliphatic heterocycles. The highest BCUT2D eigenvalue weighted by Crippen LogP contribution is 2.18. The molecule has 0 amide bonds. The molecule has 0 rings (SSSR count). The van der Waals surface area contributed by atoms with Crippen LogP contribution in [0.15, 0.2) is 0 Å². The number of hydrogen-bond acceptors (Lipinski definition) is 2. The second kappa shape index (κ2) is 5.44. The van der Waals surface area contributed by atoms with Crippen LogP contribution in [0.2, 0.25) is 32.7 Å². The first kappa shape index (κ1) is 14.4. The summed E-state index contributed by atoms with van der Waals surface area (Å²) in [6.45, 7) is 15.3. The van der Waals surface area contributed by atoms with E-state index in [9.17, 15) is 0 Å². The van der Waals surface area contributed by atoms with Crippen LogP contribution >= 0.6 is 0 Å². The average Bonchev–Trinajstić information content (AvgIpc) is 1.78. The molecule has 0 spiro atoms. The smallest absolute Gasteiger partial charge is 0.321 e. The molecule has 1 unspecified atom stereocenters. The fraction of sp³-hybridized carbons (Fsp3) is 1.00. The summed E-state index contributed by atoms with van der Waals surface area (Å²) in [6, 6.07) is 0. The zero-order valence-electron chi connectivity index (χ0n) is 10.8. The summed E-state index contributed by atoms with van der Waals surface area (Å²) in [5.74, 6) is 0. The minimum absolute atomic E-state index is 0.345. The van der Waals surface area contributed by atoms with Crippen LogP contribution in [-0.4, -0.2) is 23.0 Å². The van der Waals surface area contributed by atoms with Crippen molar-refractivity contribution in [3.63, 3.8) is 0 Å². The highest BCUT2D eigenvalue weighted by atomic mass is 28.4. The van der Waals surface area contributed by atoms with E-state index in [1.165, 1.54) is 6.42 Å². The molecule has 0 aromatic heterocycles. The monoisotopic (exact) mass is 234 g/mol. The number of rotatable bonds is 6. The van der Waals surface area contributed by atoms with Gasteiger partial charge in [0.2, 0.25) is 0 Å². The molecule has 0 saturated heterocycles. The molecule has 0 heterocycles. The fourth-order valence-electron chi connectivity index (χ4n) is 1.71. The van der Waals surface area contributed by atoms with Gasteiger partial charge in [0, 0.05) is 6.10 Å². The molecule has 14 heavy (non-hydrogen) atoms. The van der Waals surface area contributed by atoms with Crippen molar-refractivity contribution in [3.05, 3.63) is 0 Å². The Morgan fingerprint density at radius 2 is 1.57 bits per heavy atom. The normalized spacial score (nSPS) is 15.6. The van der Waals surface area contributed by atoms with E-state index in [2.05, 4.69) is 46.6 Å². The third-order valence-electron chi connectivity index (χ3n) is 1.73. The van der Waals surface area contributed by atoms with Crippen molar-refractivity contribution in [2.24, 2.45) is 0 Å². The van der Waals surface area contributed by atoms with Crippen LogP contribution in [0.25, 0.3) is 0 Å². The molecule has 0 N–H and O–H groups in total. The Bertz CT molecular complexity index is 164. The van der Waals surface area contributed by atoms with Gasteiger partial charge in [-0.25, -0.2) is 0 Å². The third kappa shape index (κ3) is 7.73. The molecule has 2 nitrogen and oxygen atoms in total. The van der Waals surface area contributed by atoms with Crippen LogP contribution in [0, 0.1) is 0 Å². The van der Waals surface area contributed by atoms with Crippen LogP contribution in [0.3, 0.4) is 0 Å². The molecule has 0 radical (unpaired) electrons. The van der Waals surface area contributed by atoms with Gasteiger partial charge in [-0.1, -0.05) is 13.3 Å². The van der Waals surface area contributed by atoms with Crippen LogP contribution < -0.4 is 0 Å². The van der Waals surface area contributed by atoms with Crippen molar-refractivity contribution in [2.45, 2.75) is 65.5 Å². The van der Waals surface area contributed by atoms with Crippen LogP contribution in [0.5, 0.6) is 0 Å². The molecular formula is C10H26O2Si2. The molecule has 0 aromatic carbocycles. The first-order valence-electron chi connectivity index (χ1n) is 5.54. The van der Waals surface area contributed by atoms with E-state index in [0.29, 0.717) is 6.10 Å². The van der Waals surface area contributed by atoms with E-state index >= 15 is 0 Å². The van der Waals surface area contributed by atoms with E-state index in [1.54, 1.807) is 0 Å². The van der Waals surface area contributed by atoms with Gasteiger partial charge in [-0.15, -0.1) is 0 Å². The summed E-state index contributed by atoms with van der Waals surface area (Å²) in [5, 5.41) is 0. The van der Waals surface area contributed by atoms with Crippen molar-refractivity contribution < 1.29 is 8.54 Å².